The average Bonchev–Trinajstić information content (AvgIpc) is 2.72. The molecule has 0 spiro atoms. The maximum Gasteiger partial charge on any atom is 0.411 e. The molecule has 9 heteroatoms. The molecule has 0 radical (unpaired) electrons. The standard InChI is InChI=1S/C23H30NO7P/c1-6-28-21(25)17(2)30-32(27,31-19-10-8-7-9-11-19)20-14-12-18(13-15-20)16-24-22(26)29-23(3,4)5/h7-15,17H,6,16H2,1-5H3,(H,24,26)/t17-,32?/m1/s1. The lowest BCUT2D eigenvalue weighted by Gasteiger charge is -2.23. The number of benzene rings is 2. The van der Waals surface area contributed by atoms with Gasteiger partial charge in [-0.05, 0) is 64.4 Å². The molecule has 0 aromatic heterocycles. The van der Waals surface area contributed by atoms with Gasteiger partial charge in [0.05, 0.1) is 11.9 Å². The van der Waals surface area contributed by atoms with Crippen molar-refractivity contribution in [3.8, 4) is 5.75 Å². The number of carbonyl (C=O) groups is 2. The molecule has 1 unspecified atom stereocenters. The molecule has 0 aliphatic rings. The van der Waals surface area contributed by atoms with Crippen LogP contribution in [0.4, 0.5) is 4.79 Å². The van der Waals surface area contributed by atoms with Gasteiger partial charge in [0.2, 0.25) is 0 Å². The van der Waals surface area contributed by atoms with Crippen molar-refractivity contribution in [1.29, 1.82) is 0 Å². The van der Waals surface area contributed by atoms with Crippen LogP contribution in [-0.2, 0) is 29.9 Å². The number of esters is 1. The molecule has 2 atom stereocenters. The lowest BCUT2D eigenvalue weighted by molar-refractivity contribution is -0.150. The molecule has 0 saturated heterocycles. The molecular weight excluding hydrogens is 433 g/mol. The largest absolute Gasteiger partial charge is 0.464 e. The summed E-state index contributed by atoms with van der Waals surface area (Å²) < 4.78 is 35.2. The van der Waals surface area contributed by atoms with E-state index in [1.165, 1.54) is 6.92 Å². The van der Waals surface area contributed by atoms with Crippen molar-refractivity contribution in [2.45, 2.75) is 52.9 Å². The van der Waals surface area contributed by atoms with E-state index in [0.717, 1.165) is 5.56 Å². The topological polar surface area (TPSA) is 100 Å². The Hall–Kier alpha value is -2.83. The molecule has 1 N–H and O–H groups in total. The molecule has 8 nitrogen and oxygen atoms in total. The Bertz CT molecular complexity index is 939. The molecule has 0 aliphatic heterocycles. The van der Waals surface area contributed by atoms with Gasteiger partial charge in [0.15, 0.2) is 6.10 Å². The number of ether oxygens (including phenoxy) is 2. The summed E-state index contributed by atoms with van der Waals surface area (Å²) in [6.07, 6.45) is -1.63. The van der Waals surface area contributed by atoms with Gasteiger partial charge < -0.3 is 19.3 Å². The van der Waals surface area contributed by atoms with Crippen LogP contribution in [0.2, 0.25) is 0 Å². The van der Waals surface area contributed by atoms with Crippen LogP contribution in [0.25, 0.3) is 0 Å². The van der Waals surface area contributed by atoms with E-state index < -0.39 is 31.4 Å². The minimum absolute atomic E-state index is 0.176. The highest BCUT2D eigenvalue weighted by molar-refractivity contribution is 7.62. The third kappa shape index (κ3) is 8.02. The molecule has 32 heavy (non-hydrogen) atoms. The van der Waals surface area contributed by atoms with Gasteiger partial charge in [-0.2, -0.15) is 0 Å². The van der Waals surface area contributed by atoms with Crippen LogP contribution in [0, 0.1) is 0 Å². The summed E-state index contributed by atoms with van der Waals surface area (Å²) in [6.45, 7) is 8.87. The Kier molecular flexibility index (Phi) is 8.87. The summed E-state index contributed by atoms with van der Waals surface area (Å²) in [5, 5.41) is 2.92. The summed E-state index contributed by atoms with van der Waals surface area (Å²) in [6, 6.07) is 15.1. The Morgan fingerprint density at radius 3 is 2.22 bits per heavy atom. The molecule has 0 heterocycles. The van der Waals surface area contributed by atoms with E-state index in [1.54, 1.807) is 82.3 Å². The zero-order valence-electron chi connectivity index (χ0n) is 19.0. The van der Waals surface area contributed by atoms with Crippen molar-refractivity contribution in [2.24, 2.45) is 0 Å². The third-order valence-corrected chi connectivity index (χ3v) is 5.95. The van der Waals surface area contributed by atoms with Gasteiger partial charge in [-0.1, -0.05) is 30.3 Å². The maximum atomic E-state index is 13.7. The Balaban J connectivity index is 2.18. The monoisotopic (exact) mass is 463 g/mol. The predicted octanol–water partition coefficient (Wildman–Crippen LogP) is 4.58. The summed E-state index contributed by atoms with van der Waals surface area (Å²) in [7, 11) is -3.93. The zero-order chi connectivity index (χ0) is 23.8. The van der Waals surface area contributed by atoms with Gasteiger partial charge >= 0.3 is 19.7 Å². The van der Waals surface area contributed by atoms with E-state index in [2.05, 4.69) is 5.32 Å². The summed E-state index contributed by atoms with van der Waals surface area (Å²) >= 11 is 0. The van der Waals surface area contributed by atoms with E-state index in [-0.39, 0.29) is 18.5 Å². The predicted molar refractivity (Wildman–Crippen MR) is 121 cm³/mol. The quantitative estimate of drug-likeness (QED) is 0.429. The molecule has 0 saturated carbocycles. The minimum Gasteiger partial charge on any atom is -0.464 e. The number of para-hydroxylation sites is 1. The Labute approximate surface area is 188 Å². The number of alkyl carbamates (subject to hydrolysis) is 1. The highest BCUT2D eigenvalue weighted by Crippen LogP contribution is 2.48. The van der Waals surface area contributed by atoms with E-state index in [9.17, 15) is 14.2 Å². The number of amides is 1. The Morgan fingerprint density at radius 2 is 1.66 bits per heavy atom. The van der Waals surface area contributed by atoms with Crippen LogP contribution in [0.5, 0.6) is 5.75 Å². The SMILES string of the molecule is CCOC(=O)[C@@H](C)OP(=O)(Oc1ccccc1)c1ccc(CNC(=O)OC(C)(C)C)cc1. The molecular formula is C23H30NO7P. The van der Waals surface area contributed by atoms with Crippen molar-refractivity contribution in [1.82, 2.24) is 5.32 Å². The summed E-state index contributed by atoms with van der Waals surface area (Å²) in [5.74, 6) is -0.301. The summed E-state index contributed by atoms with van der Waals surface area (Å²) in [5.41, 5.74) is 0.159. The lowest BCUT2D eigenvalue weighted by Crippen LogP contribution is -2.32. The van der Waals surface area contributed by atoms with Gasteiger partial charge in [-0.25, -0.2) is 14.2 Å². The smallest absolute Gasteiger partial charge is 0.411 e. The average molecular weight is 463 g/mol. The first-order chi connectivity index (χ1) is 15.0. The maximum absolute atomic E-state index is 13.7. The highest BCUT2D eigenvalue weighted by Gasteiger charge is 2.34. The van der Waals surface area contributed by atoms with E-state index >= 15 is 0 Å². The van der Waals surface area contributed by atoms with Crippen molar-refractivity contribution >= 4 is 25.0 Å². The van der Waals surface area contributed by atoms with Crippen LogP contribution < -0.4 is 15.1 Å². The molecule has 0 aliphatic carbocycles. The first-order valence-corrected chi connectivity index (χ1v) is 11.8. The van der Waals surface area contributed by atoms with Crippen LogP contribution in [0.15, 0.2) is 54.6 Å². The van der Waals surface area contributed by atoms with Crippen LogP contribution in [-0.4, -0.2) is 30.4 Å². The lowest BCUT2D eigenvalue weighted by atomic mass is 10.2. The van der Waals surface area contributed by atoms with E-state index in [4.69, 9.17) is 18.5 Å². The van der Waals surface area contributed by atoms with Gasteiger partial charge in [0.1, 0.15) is 11.4 Å². The van der Waals surface area contributed by atoms with Crippen molar-refractivity contribution in [2.75, 3.05) is 6.61 Å². The van der Waals surface area contributed by atoms with Crippen LogP contribution in [0.3, 0.4) is 0 Å². The molecule has 2 rings (SSSR count). The second kappa shape index (κ2) is 11.2. The molecule has 0 bridgehead atoms. The molecule has 1 amide bonds. The number of nitrogens with one attached hydrogen (secondary N) is 1. The fraction of sp³-hybridized carbons (Fsp3) is 0.391. The minimum atomic E-state index is -3.93. The highest BCUT2D eigenvalue weighted by atomic mass is 31.2. The Morgan fingerprint density at radius 1 is 1.03 bits per heavy atom. The van der Waals surface area contributed by atoms with Gasteiger partial charge in [0.25, 0.3) is 0 Å². The molecule has 0 fully saturated rings. The summed E-state index contributed by atoms with van der Waals surface area (Å²) in [4.78, 5) is 23.9. The van der Waals surface area contributed by atoms with Crippen molar-refractivity contribution in [3.05, 3.63) is 60.2 Å². The normalized spacial score (nSPS) is 14.0. The third-order valence-electron chi connectivity index (χ3n) is 3.97. The second-order valence-corrected chi connectivity index (χ2v) is 9.83. The van der Waals surface area contributed by atoms with Crippen LogP contribution in [0.1, 0.15) is 40.2 Å². The molecule has 2 aromatic rings. The fourth-order valence-electron chi connectivity index (χ4n) is 2.55. The fourth-order valence-corrected chi connectivity index (χ4v) is 4.24. The van der Waals surface area contributed by atoms with E-state index in [0.29, 0.717) is 5.75 Å². The first-order valence-electron chi connectivity index (χ1n) is 10.3. The number of rotatable bonds is 9. The van der Waals surface area contributed by atoms with Crippen LogP contribution >= 0.6 is 7.60 Å². The molecule has 174 valence electrons. The molecule has 2 aromatic carbocycles. The van der Waals surface area contributed by atoms with Gasteiger partial charge in [0, 0.05) is 6.54 Å². The number of carbonyl (C=O) groups excluding carboxylic acids is 2. The van der Waals surface area contributed by atoms with Gasteiger partial charge in [-0.3, -0.25) is 4.52 Å². The second-order valence-electron chi connectivity index (χ2n) is 7.92. The zero-order valence-corrected chi connectivity index (χ0v) is 19.9. The number of hydrogen-bond acceptors (Lipinski definition) is 7. The van der Waals surface area contributed by atoms with Gasteiger partial charge in [-0.15, -0.1) is 0 Å². The van der Waals surface area contributed by atoms with Crippen molar-refractivity contribution < 1.29 is 32.7 Å². The first kappa shape index (κ1) is 25.4. The number of hydrogen-bond donors (Lipinski definition) is 1. The van der Waals surface area contributed by atoms with Crippen molar-refractivity contribution in [3.63, 3.8) is 0 Å². The van der Waals surface area contributed by atoms with E-state index in [1.807, 2.05) is 0 Å².